The summed E-state index contributed by atoms with van der Waals surface area (Å²) in [4.78, 5) is 22.9. The van der Waals surface area contributed by atoms with Crippen molar-refractivity contribution in [3.05, 3.63) is 29.8 Å². The lowest BCUT2D eigenvalue weighted by Crippen LogP contribution is -2.29. The van der Waals surface area contributed by atoms with E-state index < -0.39 is 11.9 Å². The third-order valence-electron chi connectivity index (χ3n) is 4.88. The fourth-order valence-corrected chi connectivity index (χ4v) is 3.13. The lowest BCUT2D eigenvalue weighted by molar-refractivity contribution is -0.143. The summed E-state index contributed by atoms with van der Waals surface area (Å²) in [6.45, 7) is 4.63. The molecule has 0 aromatic heterocycles. The van der Waals surface area contributed by atoms with Crippen molar-refractivity contribution in [1.82, 2.24) is 5.32 Å². The summed E-state index contributed by atoms with van der Waals surface area (Å²) in [7, 11) is 0. The molecular formula is C25H39NO5. The molecule has 6 nitrogen and oxygen atoms in total. The predicted octanol–water partition coefficient (Wildman–Crippen LogP) is 5.38. The van der Waals surface area contributed by atoms with Gasteiger partial charge in [0.05, 0.1) is 13.2 Å². The molecule has 2 N–H and O–H groups in total. The van der Waals surface area contributed by atoms with E-state index in [0.29, 0.717) is 17.9 Å². The van der Waals surface area contributed by atoms with Crippen molar-refractivity contribution in [3.63, 3.8) is 0 Å². The maximum absolute atomic E-state index is 11.7. The van der Waals surface area contributed by atoms with Gasteiger partial charge in [-0.2, -0.15) is 0 Å². The molecule has 0 saturated carbocycles. The molecule has 1 amide bonds. The highest BCUT2D eigenvalue weighted by molar-refractivity contribution is 5.93. The van der Waals surface area contributed by atoms with E-state index >= 15 is 0 Å². The molecule has 174 valence electrons. The monoisotopic (exact) mass is 433 g/mol. The van der Waals surface area contributed by atoms with Crippen LogP contribution in [-0.2, 0) is 14.3 Å². The summed E-state index contributed by atoms with van der Waals surface area (Å²) in [5.41, 5.74) is 0.662. The summed E-state index contributed by atoms with van der Waals surface area (Å²) in [5.74, 6) is -0.402. The molecule has 0 aliphatic heterocycles. The first-order valence-electron chi connectivity index (χ1n) is 11.6. The van der Waals surface area contributed by atoms with Crippen LogP contribution in [0, 0.1) is 0 Å². The number of carbonyl (C=O) groups excluding carboxylic acids is 2. The molecular weight excluding hydrogens is 394 g/mol. The lowest BCUT2D eigenvalue weighted by atomic mass is 10.1. The summed E-state index contributed by atoms with van der Waals surface area (Å²) < 4.78 is 10.4. The Balaban J connectivity index is 2.21. The van der Waals surface area contributed by atoms with E-state index in [1.165, 1.54) is 57.4 Å². The average molecular weight is 434 g/mol. The second kappa shape index (κ2) is 17.2. The van der Waals surface area contributed by atoms with Gasteiger partial charge in [-0.3, -0.25) is 9.59 Å². The van der Waals surface area contributed by atoms with Crippen LogP contribution in [0.5, 0.6) is 11.5 Å². The minimum Gasteiger partial charge on any atom is -0.504 e. The third-order valence-corrected chi connectivity index (χ3v) is 4.88. The van der Waals surface area contributed by atoms with Crippen LogP contribution in [0.2, 0.25) is 0 Å². The SMILES string of the molecule is CCCCCCCCCCCCOc1ccc(/C=C/C(=O)NCC(=O)OCC)cc1O. The first-order valence-corrected chi connectivity index (χ1v) is 11.6. The highest BCUT2D eigenvalue weighted by Crippen LogP contribution is 2.27. The quantitative estimate of drug-likeness (QED) is 0.196. The number of unbranched alkanes of at least 4 members (excludes halogenated alkanes) is 9. The van der Waals surface area contributed by atoms with E-state index in [-0.39, 0.29) is 18.9 Å². The number of aromatic hydroxyl groups is 1. The van der Waals surface area contributed by atoms with E-state index in [1.54, 1.807) is 31.2 Å². The maximum Gasteiger partial charge on any atom is 0.325 e. The van der Waals surface area contributed by atoms with Crippen LogP contribution < -0.4 is 10.1 Å². The van der Waals surface area contributed by atoms with E-state index in [1.807, 2.05) is 0 Å². The number of benzene rings is 1. The van der Waals surface area contributed by atoms with Crippen LogP contribution in [0.3, 0.4) is 0 Å². The van der Waals surface area contributed by atoms with Crippen LogP contribution in [0.15, 0.2) is 24.3 Å². The minimum absolute atomic E-state index is 0.0427. The molecule has 1 aromatic rings. The van der Waals surface area contributed by atoms with Gasteiger partial charge in [0, 0.05) is 6.08 Å². The van der Waals surface area contributed by atoms with Crippen molar-refractivity contribution < 1.29 is 24.2 Å². The van der Waals surface area contributed by atoms with Gasteiger partial charge in [-0.25, -0.2) is 0 Å². The van der Waals surface area contributed by atoms with Crippen molar-refractivity contribution in [2.45, 2.75) is 78.1 Å². The zero-order valence-electron chi connectivity index (χ0n) is 19.2. The van der Waals surface area contributed by atoms with Gasteiger partial charge < -0.3 is 19.9 Å². The van der Waals surface area contributed by atoms with Gasteiger partial charge in [-0.1, -0.05) is 70.8 Å². The Hall–Kier alpha value is -2.50. The lowest BCUT2D eigenvalue weighted by Gasteiger charge is -2.09. The number of esters is 1. The number of rotatable bonds is 17. The fraction of sp³-hybridized carbons (Fsp3) is 0.600. The molecule has 31 heavy (non-hydrogen) atoms. The summed E-state index contributed by atoms with van der Waals surface area (Å²) >= 11 is 0. The molecule has 0 bridgehead atoms. The number of amides is 1. The van der Waals surface area contributed by atoms with E-state index in [9.17, 15) is 14.7 Å². The smallest absolute Gasteiger partial charge is 0.325 e. The number of ether oxygens (including phenoxy) is 2. The summed E-state index contributed by atoms with van der Waals surface area (Å²) in [6, 6.07) is 5.01. The van der Waals surface area contributed by atoms with E-state index in [4.69, 9.17) is 9.47 Å². The first-order chi connectivity index (χ1) is 15.1. The van der Waals surface area contributed by atoms with E-state index in [2.05, 4.69) is 12.2 Å². The molecule has 0 aliphatic carbocycles. The van der Waals surface area contributed by atoms with Gasteiger partial charge in [-0.05, 0) is 37.1 Å². The standard InChI is InChI=1S/C25H39NO5/c1-3-5-6-7-8-9-10-11-12-13-18-31-23-16-14-21(19-22(23)27)15-17-24(28)26-20-25(29)30-4-2/h14-17,19,27H,3-13,18,20H2,1-2H3,(H,26,28)/b17-15+. The number of hydrogen-bond acceptors (Lipinski definition) is 5. The van der Waals surface area contributed by atoms with Gasteiger partial charge in [0.15, 0.2) is 11.5 Å². The number of phenols is 1. The highest BCUT2D eigenvalue weighted by Gasteiger charge is 2.05. The molecule has 0 fully saturated rings. The molecule has 0 unspecified atom stereocenters. The maximum atomic E-state index is 11.7. The van der Waals surface area contributed by atoms with Crippen molar-refractivity contribution in [2.75, 3.05) is 19.8 Å². The molecule has 0 atom stereocenters. The number of nitrogens with one attached hydrogen (secondary N) is 1. The molecule has 0 saturated heterocycles. The van der Waals surface area contributed by atoms with Gasteiger partial charge in [-0.15, -0.1) is 0 Å². The topological polar surface area (TPSA) is 84.9 Å². The number of phenolic OH excluding ortho intramolecular Hbond substituents is 1. The first kappa shape index (κ1) is 26.5. The Morgan fingerprint density at radius 3 is 2.23 bits per heavy atom. The van der Waals surface area contributed by atoms with Crippen LogP contribution in [-0.4, -0.2) is 36.7 Å². The zero-order chi connectivity index (χ0) is 22.7. The molecule has 0 heterocycles. The second-order valence-electron chi connectivity index (χ2n) is 7.61. The van der Waals surface area contributed by atoms with Crippen LogP contribution in [0.4, 0.5) is 0 Å². The number of carbonyl (C=O) groups is 2. The van der Waals surface area contributed by atoms with Gasteiger partial charge >= 0.3 is 5.97 Å². The summed E-state index contributed by atoms with van der Waals surface area (Å²) in [5, 5.41) is 12.6. The molecule has 0 spiro atoms. The highest BCUT2D eigenvalue weighted by atomic mass is 16.5. The van der Waals surface area contributed by atoms with Crippen molar-refractivity contribution in [2.24, 2.45) is 0 Å². The van der Waals surface area contributed by atoms with Gasteiger partial charge in [0.2, 0.25) is 5.91 Å². The van der Waals surface area contributed by atoms with Crippen LogP contribution in [0.1, 0.15) is 83.6 Å². The Labute approximate surface area is 187 Å². The fourth-order valence-electron chi connectivity index (χ4n) is 3.13. The molecule has 1 rings (SSSR count). The molecule has 1 aromatic carbocycles. The average Bonchev–Trinajstić information content (AvgIpc) is 2.76. The van der Waals surface area contributed by atoms with Crippen molar-refractivity contribution in [3.8, 4) is 11.5 Å². The van der Waals surface area contributed by atoms with Crippen LogP contribution in [0.25, 0.3) is 6.08 Å². The Morgan fingerprint density at radius 2 is 1.61 bits per heavy atom. The van der Waals surface area contributed by atoms with Crippen molar-refractivity contribution >= 4 is 18.0 Å². The second-order valence-corrected chi connectivity index (χ2v) is 7.61. The van der Waals surface area contributed by atoms with Crippen molar-refractivity contribution in [1.29, 1.82) is 0 Å². The Morgan fingerprint density at radius 1 is 0.968 bits per heavy atom. The molecule has 0 radical (unpaired) electrons. The molecule has 0 aliphatic rings. The predicted molar refractivity (Wildman–Crippen MR) is 124 cm³/mol. The van der Waals surface area contributed by atoms with Crippen LogP contribution >= 0.6 is 0 Å². The summed E-state index contributed by atoms with van der Waals surface area (Å²) in [6.07, 6.45) is 15.5. The Kier molecular flexibility index (Phi) is 14.7. The van der Waals surface area contributed by atoms with E-state index in [0.717, 1.165) is 12.8 Å². The molecule has 6 heteroatoms. The zero-order valence-corrected chi connectivity index (χ0v) is 19.2. The third kappa shape index (κ3) is 13.4. The van der Waals surface area contributed by atoms with Gasteiger partial charge in [0.25, 0.3) is 0 Å². The van der Waals surface area contributed by atoms with Gasteiger partial charge in [0.1, 0.15) is 6.54 Å². The number of hydrogen-bond donors (Lipinski definition) is 2. The largest absolute Gasteiger partial charge is 0.504 e. The minimum atomic E-state index is -0.481. The Bertz CT molecular complexity index is 672. The normalized spacial score (nSPS) is 10.9.